The zero-order valence-electron chi connectivity index (χ0n) is 10.7. The van der Waals surface area contributed by atoms with Gasteiger partial charge in [0.05, 0.1) is 24.6 Å². The second-order valence-electron chi connectivity index (χ2n) is 3.82. The number of rotatable bonds is 7. The van der Waals surface area contributed by atoms with E-state index < -0.39 is 10.0 Å². The molecule has 0 saturated carbocycles. The Balaban J connectivity index is 2.69. The lowest BCUT2D eigenvalue weighted by Crippen LogP contribution is -2.28. The first-order chi connectivity index (χ1) is 8.40. The van der Waals surface area contributed by atoms with Crippen LogP contribution in [0.25, 0.3) is 0 Å². The summed E-state index contributed by atoms with van der Waals surface area (Å²) >= 11 is 3.22. The van der Waals surface area contributed by atoms with Gasteiger partial charge in [0.25, 0.3) is 0 Å². The summed E-state index contributed by atoms with van der Waals surface area (Å²) in [4.78, 5) is 0.255. The molecular weight excluding hydrogens is 322 g/mol. The number of alkyl halides is 1. The van der Waals surface area contributed by atoms with E-state index in [1.54, 1.807) is 25.6 Å². The topological polar surface area (TPSA) is 73.2 Å². The summed E-state index contributed by atoms with van der Waals surface area (Å²) < 4.78 is 33.4. The number of aryl methyl sites for hydroxylation is 2. The first-order valence-corrected chi connectivity index (χ1v) is 8.14. The van der Waals surface area contributed by atoms with Crippen LogP contribution in [0, 0.1) is 13.8 Å². The molecule has 18 heavy (non-hydrogen) atoms. The maximum absolute atomic E-state index is 12.1. The Morgan fingerprint density at radius 2 is 2.06 bits per heavy atom. The smallest absolute Gasteiger partial charge is 0.244 e. The van der Waals surface area contributed by atoms with Crippen LogP contribution < -0.4 is 4.72 Å². The first kappa shape index (κ1) is 15.6. The molecule has 0 aliphatic heterocycles. The quantitative estimate of drug-likeness (QED) is 0.587. The van der Waals surface area contributed by atoms with Crippen molar-refractivity contribution in [3.8, 4) is 0 Å². The summed E-state index contributed by atoms with van der Waals surface area (Å²) in [7, 11) is -1.79. The van der Waals surface area contributed by atoms with E-state index >= 15 is 0 Å². The Morgan fingerprint density at radius 3 is 2.56 bits per heavy atom. The predicted molar refractivity (Wildman–Crippen MR) is 72.5 cm³/mol. The van der Waals surface area contributed by atoms with E-state index in [4.69, 9.17) is 4.74 Å². The molecule has 1 N–H and O–H groups in total. The van der Waals surface area contributed by atoms with Crippen LogP contribution in [-0.2, 0) is 21.8 Å². The molecule has 0 saturated heterocycles. The van der Waals surface area contributed by atoms with Crippen molar-refractivity contribution in [3.63, 3.8) is 0 Å². The maximum atomic E-state index is 12.1. The van der Waals surface area contributed by atoms with Gasteiger partial charge in [-0.3, -0.25) is 4.68 Å². The zero-order chi connectivity index (χ0) is 13.8. The highest BCUT2D eigenvalue weighted by atomic mass is 79.9. The number of hydrogen-bond acceptors (Lipinski definition) is 4. The van der Waals surface area contributed by atoms with Crippen molar-refractivity contribution < 1.29 is 13.2 Å². The van der Waals surface area contributed by atoms with Gasteiger partial charge in [-0.05, 0) is 13.8 Å². The third-order valence-corrected chi connectivity index (χ3v) is 4.51. The minimum absolute atomic E-state index is 0.253. The molecule has 0 atom stereocenters. The Morgan fingerprint density at radius 1 is 1.39 bits per heavy atom. The number of aromatic nitrogens is 2. The molecule has 0 bridgehead atoms. The average Bonchev–Trinajstić information content (AvgIpc) is 2.53. The highest BCUT2D eigenvalue weighted by Crippen LogP contribution is 2.17. The highest BCUT2D eigenvalue weighted by molar-refractivity contribution is 9.09. The van der Waals surface area contributed by atoms with Gasteiger partial charge in [-0.1, -0.05) is 15.9 Å². The lowest BCUT2D eigenvalue weighted by Gasteiger charge is -2.07. The Kier molecular flexibility index (Phi) is 5.77. The van der Waals surface area contributed by atoms with Gasteiger partial charge in [0, 0.05) is 18.9 Å². The van der Waals surface area contributed by atoms with Gasteiger partial charge in [-0.25, -0.2) is 13.1 Å². The summed E-state index contributed by atoms with van der Waals surface area (Å²) in [6.45, 7) is 4.58. The SMILES string of the molecule is Cc1nn(C)c(C)c1S(=O)(=O)NCCOCCBr. The molecule has 0 amide bonds. The van der Waals surface area contributed by atoms with Gasteiger partial charge in [0.2, 0.25) is 10.0 Å². The highest BCUT2D eigenvalue weighted by Gasteiger charge is 2.22. The largest absolute Gasteiger partial charge is 0.379 e. The van der Waals surface area contributed by atoms with Gasteiger partial charge >= 0.3 is 0 Å². The zero-order valence-corrected chi connectivity index (χ0v) is 13.1. The lowest BCUT2D eigenvalue weighted by atomic mass is 10.4. The number of sulfonamides is 1. The molecule has 1 rings (SSSR count). The lowest BCUT2D eigenvalue weighted by molar-refractivity contribution is 0.156. The number of halogens is 1. The average molecular weight is 340 g/mol. The van der Waals surface area contributed by atoms with Crippen molar-refractivity contribution in [2.75, 3.05) is 25.1 Å². The molecule has 1 aromatic heterocycles. The second kappa shape index (κ2) is 6.65. The Labute approximate surface area is 116 Å². The monoisotopic (exact) mass is 339 g/mol. The van der Waals surface area contributed by atoms with E-state index in [-0.39, 0.29) is 11.4 Å². The molecule has 0 aliphatic carbocycles. The van der Waals surface area contributed by atoms with Gasteiger partial charge in [-0.15, -0.1) is 0 Å². The van der Waals surface area contributed by atoms with E-state index in [1.165, 1.54) is 0 Å². The van der Waals surface area contributed by atoms with Gasteiger partial charge in [-0.2, -0.15) is 5.10 Å². The number of nitrogens with zero attached hydrogens (tertiary/aromatic N) is 2. The minimum atomic E-state index is -3.51. The summed E-state index contributed by atoms with van der Waals surface area (Å²) in [6, 6.07) is 0. The molecule has 0 radical (unpaired) electrons. The van der Waals surface area contributed by atoms with Crippen molar-refractivity contribution in [1.29, 1.82) is 0 Å². The van der Waals surface area contributed by atoms with Gasteiger partial charge in [0.15, 0.2) is 0 Å². The van der Waals surface area contributed by atoms with Gasteiger partial charge in [0.1, 0.15) is 4.90 Å². The fraction of sp³-hybridized carbons (Fsp3) is 0.700. The van der Waals surface area contributed by atoms with E-state index in [2.05, 4.69) is 25.8 Å². The van der Waals surface area contributed by atoms with E-state index in [0.29, 0.717) is 24.6 Å². The van der Waals surface area contributed by atoms with Crippen LogP contribution in [0.2, 0.25) is 0 Å². The number of nitrogens with one attached hydrogen (secondary N) is 1. The minimum Gasteiger partial charge on any atom is -0.379 e. The Hall–Kier alpha value is -0.440. The maximum Gasteiger partial charge on any atom is 0.244 e. The van der Waals surface area contributed by atoms with Crippen molar-refractivity contribution in [2.24, 2.45) is 7.05 Å². The van der Waals surface area contributed by atoms with E-state index in [1.807, 2.05) is 0 Å². The molecule has 0 spiro atoms. The summed E-state index contributed by atoms with van der Waals surface area (Å²) in [5.41, 5.74) is 1.13. The normalized spacial score (nSPS) is 12.0. The van der Waals surface area contributed by atoms with Crippen molar-refractivity contribution in [2.45, 2.75) is 18.7 Å². The van der Waals surface area contributed by atoms with Gasteiger partial charge < -0.3 is 4.74 Å². The number of ether oxygens (including phenoxy) is 1. The van der Waals surface area contributed by atoms with Crippen LogP contribution in [0.4, 0.5) is 0 Å². The van der Waals surface area contributed by atoms with Crippen molar-refractivity contribution >= 4 is 26.0 Å². The standard InChI is InChI=1S/C10H18BrN3O3S/c1-8-10(9(2)14(3)13-8)18(15,16)12-5-7-17-6-4-11/h12H,4-7H2,1-3H3. The summed E-state index contributed by atoms with van der Waals surface area (Å²) in [5.74, 6) is 0. The molecule has 8 heteroatoms. The van der Waals surface area contributed by atoms with E-state index in [9.17, 15) is 8.42 Å². The molecule has 104 valence electrons. The van der Waals surface area contributed by atoms with Crippen LogP contribution >= 0.6 is 15.9 Å². The molecule has 0 fully saturated rings. The molecule has 0 unspecified atom stereocenters. The first-order valence-electron chi connectivity index (χ1n) is 5.53. The predicted octanol–water partition coefficient (Wildman–Crippen LogP) is 0.727. The van der Waals surface area contributed by atoms with Crippen molar-refractivity contribution in [3.05, 3.63) is 11.4 Å². The van der Waals surface area contributed by atoms with Crippen molar-refractivity contribution in [1.82, 2.24) is 14.5 Å². The molecule has 6 nitrogen and oxygen atoms in total. The molecule has 0 aliphatic rings. The second-order valence-corrected chi connectivity index (χ2v) is 6.32. The molecule has 1 aromatic rings. The summed E-state index contributed by atoms with van der Waals surface area (Å²) in [6.07, 6.45) is 0. The number of hydrogen-bond donors (Lipinski definition) is 1. The Bertz CT molecular complexity index is 499. The van der Waals surface area contributed by atoms with Crippen LogP contribution in [-0.4, -0.2) is 43.3 Å². The third-order valence-electron chi connectivity index (χ3n) is 2.47. The van der Waals surface area contributed by atoms with E-state index in [0.717, 1.165) is 5.33 Å². The molecule has 0 aromatic carbocycles. The van der Waals surface area contributed by atoms with Crippen LogP contribution in [0.1, 0.15) is 11.4 Å². The van der Waals surface area contributed by atoms with Crippen LogP contribution in [0.5, 0.6) is 0 Å². The van der Waals surface area contributed by atoms with Crippen LogP contribution in [0.15, 0.2) is 4.90 Å². The summed E-state index contributed by atoms with van der Waals surface area (Å²) in [5, 5.41) is 4.83. The van der Waals surface area contributed by atoms with Crippen LogP contribution in [0.3, 0.4) is 0 Å². The molecule has 1 heterocycles. The third kappa shape index (κ3) is 3.78. The fourth-order valence-electron chi connectivity index (χ4n) is 1.62. The molecular formula is C10H18BrN3O3S. The fourth-order valence-corrected chi connectivity index (χ4v) is 3.30.